The molecule has 0 N–H and O–H groups in total. The van der Waals surface area contributed by atoms with Crippen LogP contribution in [0, 0.1) is 0 Å². The molecule has 1 saturated heterocycles. The van der Waals surface area contributed by atoms with Crippen molar-refractivity contribution in [3.63, 3.8) is 0 Å². The first kappa shape index (κ1) is 10.7. The summed E-state index contributed by atoms with van der Waals surface area (Å²) in [6, 6.07) is 0. The predicted molar refractivity (Wildman–Crippen MR) is 59.6 cm³/mol. The summed E-state index contributed by atoms with van der Waals surface area (Å²) in [6.45, 7) is 8.00. The van der Waals surface area contributed by atoms with Gasteiger partial charge in [-0.25, -0.2) is 0 Å². The third-order valence-corrected chi connectivity index (χ3v) is 3.60. The predicted octanol–water partition coefficient (Wildman–Crippen LogP) is 3.01. The number of alkyl halides is 1. The van der Waals surface area contributed by atoms with Gasteiger partial charge in [-0.3, -0.25) is 0 Å². The Balaban J connectivity index is 2.09. The van der Waals surface area contributed by atoms with Crippen LogP contribution in [0.25, 0.3) is 0 Å². The van der Waals surface area contributed by atoms with E-state index in [0.29, 0.717) is 0 Å². The first-order chi connectivity index (χ1) is 6.46. The monoisotopic (exact) mass is 260 g/mol. The van der Waals surface area contributed by atoms with Gasteiger partial charge < -0.3 is 9.47 Å². The summed E-state index contributed by atoms with van der Waals surface area (Å²) in [4.78, 5) is 0. The molecule has 2 rings (SSSR count). The van der Waals surface area contributed by atoms with Gasteiger partial charge in [0, 0.05) is 11.8 Å². The average molecular weight is 261 g/mol. The SMILES string of the molecule is C=C(CBr)[C@H]1CC2(CC2)OC(C)(C)O1. The van der Waals surface area contributed by atoms with Crippen LogP contribution in [0.4, 0.5) is 0 Å². The molecule has 0 aromatic rings. The maximum atomic E-state index is 5.92. The minimum Gasteiger partial charge on any atom is -0.344 e. The molecule has 2 aliphatic rings. The molecule has 1 saturated carbocycles. The second-order valence-electron chi connectivity index (χ2n) is 4.79. The topological polar surface area (TPSA) is 18.5 Å². The summed E-state index contributed by atoms with van der Waals surface area (Å²) in [5.41, 5.74) is 1.23. The summed E-state index contributed by atoms with van der Waals surface area (Å²) in [6.07, 6.45) is 3.47. The number of ether oxygens (including phenoxy) is 2. The van der Waals surface area contributed by atoms with Crippen LogP contribution in [-0.2, 0) is 9.47 Å². The summed E-state index contributed by atoms with van der Waals surface area (Å²) in [5.74, 6) is -0.454. The Labute approximate surface area is 93.8 Å². The van der Waals surface area contributed by atoms with Crippen LogP contribution in [-0.4, -0.2) is 22.8 Å². The summed E-state index contributed by atoms with van der Waals surface area (Å²) >= 11 is 3.43. The van der Waals surface area contributed by atoms with Crippen molar-refractivity contribution in [3.05, 3.63) is 12.2 Å². The molecule has 1 aliphatic carbocycles. The maximum absolute atomic E-state index is 5.92. The Kier molecular flexibility index (Phi) is 2.53. The molecular weight excluding hydrogens is 244 g/mol. The molecule has 1 aliphatic heterocycles. The zero-order valence-electron chi connectivity index (χ0n) is 8.81. The molecule has 0 unspecified atom stereocenters. The Morgan fingerprint density at radius 3 is 2.64 bits per heavy atom. The van der Waals surface area contributed by atoms with Gasteiger partial charge in [-0.2, -0.15) is 0 Å². The molecule has 80 valence electrons. The zero-order valence-corrected chi connectivity index (χ0v) is 10.4. The molecule has 0 radical (unpaired) electrons. The minimum absolute atomic E-state index is 0.109. The first-order valence-corrected chi connectivity index (χ1v) is 6.20. The number of hydrogen-bond donors (Lipinski definition) is 0. The van der Waals surface area contributed by atoms with Crippen molar-refractivity contribution in [1.29, 1.82) is 0 Å². The second-order valence-corrected chi connectivity index (χ2v) is 5.35. The van der Waals surface area contributed by atoms with Crippen LogP contribution in [0.15, 0.2) is 12.2 Å². The molecule has 1 heterocycles. The van der Waals surface area contributed by atoms with Crippen molar-refractivity contribution in [2.75, 3.05) is 5.33 Å². The molecule has 2 nitrogen and oxygen atoms in total. The zero-order chi connectivity index (χ0) is 10.4. The maximum Gasteiger partial charge on any atom is 0.164 e. The van der Waals surface area contributed by atoms with E-state index in [0.717, 1.165) is 17.3 Å². The quantitative estimate of drug-likeness (QED) is 0.562. The molecule has 2 fully saturated rings. The van der Waals surface area contributed by atoms with Gasteiger partial charge in [-0.1, -0.05) is 22.5 Å². The van der Waals surface area contributed by atoms with E-state index in [4.69, 9.17) is 9.47 Å². The van der Waals surface area contributed by atoms with E-state index in [9.17, 15) is 0 Å². The fourth-order valence-corrected chi connectivity index (χ4v) is 2.43. The van der Waals surface area contributed by atoms with Gasteiger partial charge in [0.25, 0.3) is 0 Å². The summed E-state index contributed by atoms with van der Waals surface area (Å²) in [7, 11) is 0. The van der Waals surface area contributed by atoms with Gasteiger partial charge in [0.15, 0.2) is 5.79 Å². The van der Waals surface area contributed by atoms with Crippen molar-refractivity contribution in [1.82, 2.24) is 0 Å². The van der Waals surface area contributed by atoms with Crippen LogP contribution in [0.3, 0.4) is 0 Å². The van der Waals surface area contributed by atoms with E-state index in [1.165, 1.54) is 12.8 Å². The minimum atomic E-state index is -0.454. The second kappa shape index (κ2) is 3.32. The molecule has 0 aromatic carbocycles. The lowest BCUT2D eigenvalue weighted by Crippen LogP contribution is -2.46. The lowest BCUT2D eigenvalue weighted by molar-refractivity contribution is -0.301. The first-order valence-electron chi connectivity index (χ1n) is 5.08. The van der Waals surface area contributed by atoms with Crippen molar-refractivity contribution >= 4 is 15.9 Å². The Morgan fingerprint density at radius 2 is 2.14 bits per heavy atom. The van der Waals surface area contributed by atoms with E-state index in [2.05, 4.69) is 22.5 Å². The van der Waals surface area contributed by atoms with Crippen LogP contribution >= 0.6 is 15.9 Å². The van der Waals surface area contributed by atoms with Crippen molar-refractivity contribution in [2.24, 2.45) is 0 Å². The standard InChI is InChI=1S/C11H17BrO2/c1-8(7-12)9-6-11(4-5-11)14-10(2,3)13-9/h9H,1,4-7H2,2-3H3/t9-/m1/s1. The van der Waals surface area contributed by atoms with E-state index in [1.54, 1.807) is 0 Å². The van der Waals surface area contributed by atoms with Gasteiger partial charge in [-0.15, -0.1) is 0 Å². The third kappa shape index (κ3) is 2.05. The van der Waals surface area contributed by atoms with E-state index < -0.39 is 5.79 Å². The van der Waals surface area contributed by atoms with Gasteiger partial charge in [0.2, 0.25) is 0 Å². The Hall–Kier alpha value is 0.140. The third-order valence-electron chi connectivity index (χ3n) is 2.88. The van der Waals surface area contributed by atoms with E-state index >= 15 is 0 Å². The van der Waals surface area contributed by atoms with Crippen molar-refractivity contribution < 1.29 is 9.47 Å². The molecule has 0 amide bonds. The smallest absolute Gasteiger partial charge is 0.164 e. The lowest BCUT2D eigenvalue weighted by Gasteiger charge is -2.41. The highest BCUT2D eigenvalue weighted by Crippen LogP contribution is 2.51. The molecule has 0 bridgehead atoms. The van der Waals surface area contributed by atoms with Gasteiger partial charge in [-0.05, 0) is 32.3 Å². The van der Waals surface area contributed by atoms with E-state index in [1.807, 2.05) is 13.8 Å². The van der Waals surface area contributed by atoms with Crippen LogP contribution < -0.4 is 0 Å². The fourth-order valence-electron chi connectivity index (χ4n) is 2.07. The van der Waals surface area contributed by atoms with Crippen LogP contribution in [0.1, 0.15) is 33.1 Å². The van der Waals surface area contributed by atoms with Crippen LogP contribution in [0.5, 0.6) is 0 Å². The summed E-state index contributed by atoms with van der Waals surface area (Å²) in [5, 5.41) is 0.809. The van der Waals surface area contributed by atoms with Gasteiger partial charge >= 0.3 is 0 Å². The molecule has 1 atom stereocenters. The molecular formula is C11H17BrO2. The highest BCUT2D eigenvalue weighted by atomic mass is 79.9. The van der Waals surface area contributed by atoms with Crippen LogP contribution in [0.2, 0.25) is 0 Å². The highest BCUT2D eigenvalue weighted by molar-refractivity contribution is 9.09. The number of hydrogen-bond acceptors (Lipinski definition) is 2. The molecule has 1 spiro atoms. The summed E-state index contributed by atoms with van der Waals surface area (Å²) < 4.78 is 11.8. The largest absolute Gasteiger partial charge is 0.344 e. The molecule has 0 aromatic heterocycles. The fraction of sp³-hybridized carbons (Fsp3) is 0.818. The lowest BCUT2D eigenvalue weighted by atomic mass is 10.0. The van der Waals surface area contributed by atoms with Crippen molar-refractivity contribution in [3.8, 4) is 0 Å². The number of halogens is 1. The van der Waals surface area contributed by atoms with Crippen molar-refractivity contribution in [2.45, 2.75) is 50.6 Å². The molecule has 14 heavy (non-hydrogen) atoms. The Morgan fingerprint density at radius 1 is 1.50 bits per heavy atom. The number of rotatable bonds is 2. The normalized spacial score (nSPS) is 32.9. The van der Waals surface area contributed by atoms with Gasteiger partial charge in [0.05, 0.1) is 11.7 Å². The average Bonchev–Trinajstić information content (AvgIpc) is 2.80. The highest BCUT2D eigenvalue weighted by Gasteiger charge is 2.53. The van der Waals surface area contributed by atoms with Gasteiger partial charge in [0.1, 0.15) is 0 Å². The Bertz CT molecular complexity index is 250. The van der Waals surface area contributed by atoms with E-state index in [-0.39, 0.29) is 11.7 Å². The molecule has 3 heteroatoms.